The number of nitrogens with zero attached hydrogens (tertiary/aromatic N) is 3. The molecule has 1 rings (SSSR count). The molecule has 1 heterocycles. The normalized spacial score (nSPS) is 10.3. The molecule has 2 N–H and O–H groups in total. The summed E-state index contributed by atoms with van der Waals surface area (Å²) in [5.74, 6) is 0.462. The van der Waals surface area contributed by atoms with Gasteiger partial charge in [-0.2, -0.15) is 5.26 Å². The van der Waals surface area contributed by atoms with Gasteiger partial charge in [-0.3, -0.25) is 4.79 Å². The van der Waals surface area contributed by atoms with Crippen LogP contribution in [0, 0.1) is 11.3 Å². The van der Waals surface area contributed by atoms with Gasteiger partial charge in [-0.25, -0.2) is 4.98 Å². The lowest BCUT2D eigenvalue weighted by atomic mass is 10.1. The number of rotatable bonds is 5. The third-order valence-corrected chi connectivity index (χ3v) is 2.87. The predicted octanol–water partition coefficient (Wildman–Crippen LogP) is 2.16. The minimum atomic E-state index is -0.103. The highest BCUT2D eigenvalue weighted by Gasteiger charge is 2.16. The summed E-state index contributed by atoms with van der Waals surface area (Å²) in [6.45, 7) is 6.90. The van der Waals surface area contributed by atoms with Gasteiger partial charge < -0.3 is 10.6 Å². The van der Waals surface area contributed by atoms with Crippen molar-refractivity contribution in [1.29, 1.82) is 5.26 Å². The Balaban J connectivity index is 3.01. The second kappa shape index (κ2) is 6.74. The van der Waals surface area contributed by atoms with E-state index in [1.54, 1.807) is 17.0 Å². The maximum absolute atomic E-state index is 12.3. The molecule has 5 nitrogen and oxygen atoms in total. The van der Waals surface area contributed by atoms with Crippen LogP contribution in [0.5, 0.6) is 0 Å². The molecule has 0 fully saturated rings. The molecule has 1 amide bonds. The molecule has 102 valence electrons. The SMILES string of the molecule is CCN(CCC#N)C(=O)c1cc(N)nc(C(C)C)c1. The molecule has 1 aromatic heterocycles. The van der Waals surface area contributed by atoms with E-state index < -0.39 is 0 Å². The average Bonchev–Trinajstić information content (AvgIpc) is 2.38. The Morgan fingerprint density at radius 3 is 2.74 bits per heavy atom. The van der Waals surface area contributed by atoms with Crippen LogP contribution in [0.4, 0.5) is 5.82 Å². The van der Waals surface area contributed by atoms with E-state index in [1.165, 1.54) is 0 Å². The highest BCUT2D eigenvalue weighted by molar-refractivity contribution is 5.95. The van der Waals surface area contributed by atoms with Crippen molar-refractivity contribution in [2.75, 3.05) is 18.8 Å². The second-order valence-electron chi connectivity index (χ2n) is 4.65. The van der Waals surface area contributed by atoms with E-state index in [4.69, 9.17) is 11.0 Å². The van der Waals surface area contributed by atoms with E-state index in [1.807, 2.05) is 26.8 Å². The van der Waals surface area contributed by atoms with Gasteiger partial charge in [0.25, 0.3) is 5.91 Å². The summed E-state index contributed by atoms with van der Waals surface area (Å²) in [7, 11) is 0. The predicted molar refractivity (Wildman–Crippen MR) is 74.5 cm³/mol. The summed E-state index contributed by atoms with van der Waals surface area (Å²) in [5, 5.41) is 8.61. The van der Waals surface area contributed by atoms with Crippen LogP contribution in [0.2, 0.25) is 0 Å². The lowest BCUT2D eigenvalue weighted by molar-refractivity contribution is 0.0767. The van der Waals surface area contributed by atoms with Crippen LogP contribution in [0.15, 0.2) is 12.1 Å². The van der Waals surface area contributed by atoms with Crippen LogP contribution in [-0.2, 0) is 0 Å². The van der Waals surface area contributed by atoms with E-state index in [0.717, 1.165) is 5.69 Å². The number of hydrogen-bond acceptors (Lipinski definition) is 4. The first kappa shape index (κ1) is 15.0. The summed E-state index contributed by atoms with van der Waals surface area (Å²) in [6, 6.07) is 5.41. The summed E-state index contributed by atoms with van der Waals surface area (Å²) in [6.07, 6.45) is 0.331. The van der Waals surface area contributed by atoms with E-state index in [0.29, 0.717) is 30.9 Å². The first-order chi connectivity index (χ1) is 8.99. The number of hydrogen-bond donors (Lipinski definition) is 1. The molecule has 0 aliphatic rings. The Bertz CT molecular complexity index is 491. The van der Waals surface area contributed by atoms with Crippen molar-refractivity contribution in [3.63, 3.8) is 0 Å². The van der Waals surface area contributed by atoms with E-state index in [9.17, 15) is 4.79 Å². The summed E-state index contributed by atoms with van der Waals surface area (Å²) >= 11 is 0. The summed E-state index contributed by atoms with van der Waals surface area (Å²) in [5.41, 5.74) is 7.09. The first-order valence-corrected chi connectivity index (χ1v) is 6.43. The van der Waals surface area contributed by atoms with Crippen molar-refractivity contribution in [3.8, 4) is 6.07 Å². The second-order valence-corrected chi connectivity index (χ2v) is 4.65. The van der Waals surface area contributed by atoms with Crippen LogP contribution >= 0.6 is 0 Å². The zero-order valence-electron chi connectivity index (χ0n) is 11.7. The number of nitriles is 1. The minimum absolute atomic E-state index is 0.103. The van der Waals surface area contributed by atoms with E-state index in [2.05, 4.69) is 4.98 Å². The lowest BCUT2D eigenvalue weighted by Crippen LogP contribution is -2.31. The molecule has 0 bridgehead atoms. The third kappa shape index (κ3) is 3.95. The van der Waals surface area contributed by atoms with Gasteiger partial charge in [0.1, 0.15) is 5.82 Å². The molecule has 0 radical (unpaired) electrons. The average molecular weight is 260 g/mol. The van der Waals surface area contributed by atoms with Crippen LogP contribution < -0.4 is 5.73 Å². The van der Waals surface area contributed by atoms with Crippen molar-refractivity contribution in [1.82, 2.24) is 9.88 Å². The maximum atomic E-state index is 12.3. The summed E-state index contributed by atoms with van der Waals surface area (Å²) in [4.78, 5) is 18.2. The molecule has 0 atom stereocenters. The van der Waals surface area contributed by atoms with Crippen molar-refractivity contribution in [3.05, 3.63) is 23.4 Å². The third-order valence-electron chi connectivity index (χ3n) is 2.87. The number of aromatic nitrogens is 1. The molecule has 0 aliphatic heterocycles. The van der Waals surface area contributed by atoms with Crippen molar-refractivity contribution < 1.29 is 4.79 Å². The molecule has 0 spiro atoms. The quantitative estimate of drug-likeness (QED) is 0.879. The highest BCUT2D eigenvalue weighted by Crippen LogP contribution is 2.17. The fraction of sp³-hybridized carbons (Fsp3) is 0.500. The number of carbonyl (C=O) groups is 1. The fourth-order valence-electron chi connectivity index (χ4n) is 1.76. The zero-order chi connectivity index (χ0) is 14.4. The monoisotopic (exact) mass is 260 g/mol. The van der Waals surface area contributed by atoms with Crippen LogP contribution in [0.1, 0.15) is 49.2 Å². The standard InChI is InChI=1S/C14H20N4O/c1-4-18(7-5-6-15)14(19)11-8-12(10(2)3)17-13(16)9-11/h8-10H,4-5,7H2,1-3H3,(H2,16,17). The number of amides is 1. The van der Waals surface area contributed by atoms with E-state index >= 15 is 0 Å². The topological polar surface area (TPSA) is 83.0 Å². The fourth-order valence-corrected chi connectivity index (χ4v) is 1.76. The molecule has 0 saturated carbocycles. The molecule has 0 aliphatic carbocycles. The van der Waals surface area contributed by atoms with Gasteiger partial charge in [0.05, 0.1) is 12.5 Å². The number of nitrogen functional groups attached to an aromatic ring is 1. The van der Waals surface area contributed by atoms with E-state index in [-0.39, 0.29) is 11.8 Å². The smallest absolute Gasteiger partial charge is 0.254 e. The molecule has 19 heavy (non-hydrogen) atoms. The molecular formula is C14H20N4O. The van der Waals surface area contributed by atoms with Gasteiger partial charge >= 0.3 is 0 Å². The largest absolute Gasteiger partial charge is 0.384 e. The van der Waals surface area contributed by atoms with Crippen LogP contribution in [-0.4, -0.2) is 28.9 Å². The van der Waals surface area contributed by atoms with Gasteiger partial charge in [-0.15, -0.1) is 0 Å². The van der Waals surface area contributed by atoms with Gasteiger partial charge in [-0.05, 0) is 25.0 Å². The Labute approximate surface area is 114 Å². The Kier molecular flexibility index (Phi) is 5.31. The van der Waals surface area contributed by atoms with Gasteiger partial charge in [0.2, 0.25) is 0 Å². The molecule has 0 unspecified atom stereocenters. The Morgan fingerprint density at radius 1 is 1.53 bits per heavy atom. The maximum Gasteiger partial charge on any atom is 0.254 e. The molecule has 0 saturated heterocycles. The first-order valence-electron chi connectivity index (χ1n) is 6.43. The molecule has 0 aromatic carbocycles. The molecular weight excluding hydrogens is 240 g/mol. The minimum Gasteiger partial charge on any atom is -0.384 e. The van der Waals surface area contributed by atoms with Gasteiger partial charge in [0, 0.05) is 24.3 Å². The Hall–Kier alpha value is -2.09. The highest BCUT2D eigenvalue weighted by atomic mass is 16.2. The number of anilines is 1. The number of nitrogens with two attached hydrogens (primary N) is 1. The van der Waals surface area contributed by atoms with Crippen molar-refractivity contribution in [2.24, 2.45) is 0 Å². The van der Waals surface area contributed by atoms with Crippen LogP contribution in [0.25, 0.3) is 0 Å². The van der Waals surface area contributed by atoms with Crippen molar-refractivity contribution in [2.45, 2.75) is 33.1 Å². The summed E-state index contributed by atoms with van der Waals surface area (Å²) < 4.78 is 0. The van der Waals surface area contributed by atoms with Gasteiger partial charge in [0.15, 0.2) is 0 Å². The van der Waals surface area contributed by atoms with Crippen LogP contribution in [0.3, 0.4) is 0 Å². The Morgan fingerprint density at radius 2 is 2.21 bits per heavy atom. The number of carbonyl (C=O) groups excluding carboxylic acids is 1. The lowest BCUT2D eigenvalue weighted by Gasteiger charge is -2.20. The van der Waals surface area contributed by atoms with Crippen molar-refractivity contribution >= 4 is 11.7 Å². The zero-order valence-corrected chi connectivity index (χ0v) is 11.7. The van der Waals surface area contributed by atoms with Gasteiger partial charge in [-0.1, -0.05) is 13.8 Å². The molecule has 1 aromatic rings. The number of pyridine rings is 1. The molecule has 5 heteroatoms.